The summed E-state index contributed by atoms with van der Waals surface area (Å²) in [6.45, 7) is 0. The Morgan fingerprint density at radius 3 is 2.67 bits per heavy atom. The molecule has 0 saturated carbocycles. The van der Waals surface area contributed by atoms with Gasteiger partial charge in [-0.15, -0.1) is 0 Å². The number of H-pyrrole nitrogens is 1. The second-order valence-corrected chi connectivity index (χ2v) is 2.43. The average Bonchev–Trinajstić information content (AvgIpc) is 1.86. The van der Waals surface area contributed by atoms with Gasteiger partial charge < -0.3 is 4.98 Å². The SMILES string of the molecule is [SiH3]c1ccc[nH]1. The number of hydrogen-bond acceptors (Lipinski definition) is 0. The van der Waals surface area contributed by atoms with Crippen molar-refractivity contribution >= 4 is 15.6 Å². The van der Waals surface area contributed by atoms with Gasteiger partial charge in [-0.3, -0.25) is 0 Å². The highest BCUT2D eigenvalue weighted by molar-refractivity contribution is 6.30. The van der Waals surface area contributed by atoms with E-state index in [4.69, 9.17) is 0 Å². The first-order valence-corrected chi connectivity index (χ1v) is 2.99. The van der Waals surface area contributed by atoms with Gasteiger partial charge in [0.1, 0.15) is 0 Å². The van der Waals surface area contributed by atoms with E-state index in [1.807, 2.05) is 12.3 Å². The maximum absolute atomic E-state index is 3.06. The third-order valence-corrected chi connectivity index (χ3v) is 1.38. The molecule has 1 nitrogen and oxygen atoms in total. The molecule has 0 spiro atoms. The van der Waals surface area contributed by atoms with Crippen LogP contribution in [0, 0.1) is 0 Å². The van der Waals surface area contributed by atoms with Crippen molar-refractivity contribution in [2.75, 3.05) is 0 Å². The molecule has 0 amide bonds. The molecule has 6 heavy (non-hydrogen) atoms. The molecule has 2 heteroatoms. The van der Waals surface area contributed by atoms with Gasteiger partial charge in [0.15, 0.2) is 0 Å². The molecule has 1 rings (SSSR count). The van der Waals surface area contributed by atoms with Crippen LogP contribution in [0.4, 0.5) is 0 Å². The van der Waals surface area contributed by atoms with Crippen LogP contribution in [0.25, 0.3) is 0 Å². The van der Waals surface area contributed by atoms with Crippen molar-refractivity contribution in [2.24, 2.45) is 0 Å². The van der Waals surface area contributed by atoms with Gasteiger partial charge in [-0.2, -0.15) is 0 Å². The van der Waals surface area contributed by atoms with Crippen LogP contribution in [-0.2, 0) is 0 Å². The van der Waals surface area contributed by atoms with Gasteiger partial charge in [-0.1, -0.05) is 0 Å². The molecule has 0 aliphatic rings. The van der Waals surface area contributed by atoms with Crippen molar-refractivity contribution in [1.29, 1.82) is 0 Å². The minimum Gasteiger partial charge on any atom is -0.370 e. The Balaban J connectivity index is 3.05. The number of aromatic amines is 1. The Bertz CT molecular complexity index is 111. The van der Waals surface area contributed by atoms with E-state index < -0.39 is 0 Å². The topological polar surface area (TPSA) is 15.8 Å². The second-order valence-electron chi connectivity index (χ2n) is 1.35. The maximum atomic E-state index is 3.06. The Hall–Kier alpha value is -0.503. The van der Waals surface area contributed by atoms with Crippen LogP contribution in [0.1, 0.15) is 0 Å². The molecular weight excluding hydrogens is 90.1 g/mol. The molecule has 0 aliphatic carbocycles. The number of rotatable bonds is 0. The maximum Gasteiger partial charge on any atom is 0.0592 e. The zero-order valence-electron chi connectivity index (χ0n) is 3.73. The summed E-state index contributed by atoms with van der Waals surface area (Å²) >= 11 is 0. The molecule has 32 valence electrons. The predicted octanol–water partition coefficient (Wildman–Crippen LogP) is -0.995. The highest BCUT2D eigenvalue weighted by Gasteiger charge is 1.72. The van der Waals surface area contributed by atoms with Crippen LogP contribution in [-0.4, -0.2) is 15.2 Å². The van der Waals surface area contributed by atoms with Crippen LogP contribution in [0.2, 0.25) is 0 Å². The van der Waals surface area contributed by atoms with Gasteiger partial charge in [0, 0.05) is 6.20 Å². The summed E-state index contributed by atoms with van der Waals surface area (Å²) in [6, 6.07) is 4.11. The van der Waals surface area contributed by atoms with Crippen molar-refractivity contribution < 1.29 is 0 Å². The molecule has 1 aromatic heterocycles. The lowest BCUT2D eigenvalue weighted by Crippen LogP contribution is -1.98. The van der Waals surface area contributed by atoms with Crippen molar-refractivity contribution in [3.8, 4) is 0 Å². The smallest absolute Gasteiger partial charge is 0.0592 e. The standard InChI is InChI=1S/C4H7NSi/c6-4-2-1-3-5-4/h1-3,5H,6H3. The van der Waals surface area contributed by atoms with Gasteiger partial charge in [0.05, 0.1) is 10.2 Å². The fraction of sp³-hybridized carbons (Fsp3) is 0. The molecule has 0 bridgehead atoms. The second kappa shape index (κ2) is 1.30. The van der Waals surface area contributed by atoms with E-state index in [9.17, 15) is 0 Å². The van der Waals surface area contributed by atoms with E-state index >= 15 is 0 Å². The molecule has 0 fully saturated rings. The molecule has 0 atom stereocenters. The lowest BCUT2D eigenvalue weighted by atomic mass is 10.7. The van der Waals surface area contributed by atoms with E-state index in [1.165, 1.54) is 5.32 Å². The number of aromatic nitrogens is 1. The summed E-state index contributed by atoms with van der Waals surface area (Å²) in [5.74, 6) is 0. The van der Waals surface area contributed by atoms with Crippen LogP contribution >= 0.6 is 0 Å². The summed E-state index contributed by atoms with van der Waals surface area (Å²) in [6.07, 6.45) is 1.95. The van der Waals surface area contributed by atoms with Crippen molar-refractivity contribution in [3.63, 3.8) is 0 Å². The normalized spacial score (nSPS) is 9.33. The fourth-order valence-electron chi connectivity index (χ4n) is 0.420. The summed E-state index contributed by atoms with van der Waals surface area (Å²) in [7, 11) is 1.14. The molecule has 1 N–H and O–H groups in total. The Morgan fingerprint density at radius 2 is 2.50 bits per heavy atom. The third-order valence-electron chi connectivity index (χ3n) is 0.753. The quantitative estimate of drug-likeness (QED) is 0.400. The van der Waals surface area contributed by atoms with Crippen molar-refractivity contribution in [2.45, 2.75) is 0 Å². The van der Waals surface area contributed by atoms with E-state index in [0.29, 0.717) is 0 Å². The van der Waals surface area contributed by atoms with Gasteiger partial charge in [-0.05, 0) is 17.4 Å². The van der Waals surface area contributed by atoms with Gasteiger partial charge in [-0.25, -0.2) is 0 Å². The molecule has 0 aliphatic heterocycles. The number of nitrogens with one attached hydrogen (secondary N) is 1. The summed E-state index contributed by atoms with van der Waals surface area (Å²) < 4.78 is 0. The predicted molar refractivity (Wildman–Crippen MR) is 30.4 cm³/mol. The molecule has 0 unspecified atom stereocenters. The van der Waals surface area contributed by atoms with Gasteiger partial charge in [0.2, 0.25) is 0 Å². The molecule has 0 radical (unpaired) electrons. The average molecular weight is 97.2 g/mol. The summed E-state index contributed by atoms with van der Waals surface area (Å²) in [5.41, 5.74) is 0. The Kier molecular flexibility index (Phi) is 0.799. The third kappa shape index (κ3) is 0.516. The number of hydrogen-bond donors (Lipinski definition) is 1. The van der Waals surface area contributed by atoms with Gasteiger partial charge in [0.25, 0.3) is 0 Å². The van der Waals surface area contributed by atoms with E-state index in [0.717, 1.165) is 10.2 Å². The summed E-state index contributed by atoms with van der Waals surface area (Å²) in [4.78, 5) is 3.06. The van der Waals surface area contributed by atoms with Crippen LogP contribution in [0.15, 0.2) is 18.3 Å². The monoisotopic (exact) mass is 97.0 g/mol. The van der Waals surface area contributed by atoms with E-state index in [-0.39, 0.29) is 0 Å². The first kappa shape index (κ1) is 3.68. The first-order valence-electron chi connectivity index (χ1n) is 1.99. The Labute approximate surface area is 39.8 Å². The fourth-order valence-corrected chi connectivity index (χ4v) is 0.779. The largest absolute Gasteiger partial charge is 0.370 e. The van der Waals surface area contributed by atoms with Crippen LogP contribution in [0.5, 0.6) is 0 Å². The Morgan fingerprint density at radius 1 is 1.67 bits per heavy atom. The summed E-state index contributed by atoms with van der Waals surface area (Å²) in [5, 5.41) is 1.36. The van der Waals surface area contributed by atoms with Gasteiger partial charge >= 0.3 is 0 Å². The minimum absolute atomic E-state index is 1.14. The van der Waals surface area contributed by atoms with Crippen LogP contribution in [0.3, 0.4) is 0 Å². The van der Waals surface area contributed by atoms with Crippen molar-refractivity contribution in [1.82, 2.24) is 4.98 Å². The zero-order chi connectivity index (χ0) is 4.41. The lowest BCUT2D eigenvalue weighted by Gasteiger charge is -1.70. The van der Waals surface area contributed by atoms with E-state index in [1.54, 1.807) is 0 Å². The highest BCUT2D eigenvalue weighted by Crippen LogP contribution is 1.68. The lowest BCUT2D eigenvalue weighted by molar-refractivity contribution is 1.47. The molecule has 0 aromatic carbocycles. The first-order chi connectivity index (χ1) is 2.89. The molecule has 1 aromatic rings. The molecule has 1 heterocycles. The minimum atomic E-state index is 1.14. The van der Waals surface area contributed by atoms with Crippen molar-refractivity contribution in [3.05, 3.63) is 18.3 Å². The molecule has 0 saturated heterocycles. The molecular formula is C4H7NSi. The van der Waals surface area contributed by atoms with E-state index in [2.05, 4.69) is 11.1 Å². The zero-order valence-corrected chi connectivity index (χ0v) is 5.73. The van der Waals surface area contributed by atoms with Crippen LogP contribution < -0.4 is 5.32 Å². The highest BCUT2D eigenvalue weighted by atomic mass is 28.1.